The van der Waals surface area contributed by atoms with Crippen molar-refractivity contribution in [1.82, 2.24) is 10.6 Å². The lowest BCUT2D eigenvalue weighted by Crippen LogP contribution is -2.45. The third kappa shape index (κ3) is 5.98. The minimum absolute atomic E-state index is 0.321. The summed E-state index contributed by atoms with van der Waals surface area (Å²) in [5.74, 6) is -2.20. The molecule has 1 aliphatic rings. The second kappa shape index (κ2) is 12.7. The number of furan rings is 1. The molecule has 3 N–H and O–H groups in total. The van der Waals surface area contributed by atoms with Gasteiger partial charge in [0.1, 0.15) is 17.2 Å². The Kier molecular flexibility index (Phi) is 8.80. The SMILES string of the molecule is CCN(CC)c1cc2oc(-c3ccc(F)cc3)c(C(=O)NC)c2cc1-c1cccc(C(=O)N[C@@H]2CCCC[C@@H]2C(=O)O)c1. The molecule has 0 aliphatic heterocycles. The van der Waals surface area contributed by atoms with Crippen LogP contribution in [0.1, 0.15) is 60.2 Å². The zero-order valence-corrected chi connectivity index (χ0v) is 24.6. The summed E-state index contributed by atoms with van der Waals surface area (Å²) in [7, 11) is 1.55. The Morgan fingerprint density at radius 3 is 2.35 bits per heavy atom. The van der Waals surface area contributed by atoms with Crippen molar-refractivity contribution in [3.63, 3.8) is 0 Å². The van der Waals surface area contributed by atoms with Gasteiger partial charge in [0.05, 0.1) is 11.5 Å². The van der Waals surface area contributed by atoms with E-state index in [0.717, 1.165) is 29.7 Å². The molecule has 2 atom stereocenters. The summed E-state index contributed by atoms with van der Waals surface area (Å²) in [4.78, 5) is 40.5. The number of carbonyl (C=O) groups excluding carboxylic acids is 2. The topological polar surface area (TPSA) is 112 Å². The molecule has 3 aromatic carbocycles. The van der Waals surface area contributed by atoms with Crippen molar-refractivity contribution in [3.05, 3.63) is 77.6 Å². The summed E-state index contributed by atoms with van der Waals surface area (Å²) in [6, 6.07) is 16.4. The fraction of sp³-hybridized carbons (Fsp3) is 0.324. The Morgan fingerprint density at radius 2 is 1.67 bits per heavy atom. The molecule has 0 bridgehead atoms. The van der Waals surface area contributed by atoms with E-state index in [1.54, 1.807) is 37.4 Å². The number of hydrogen-bond acceptors (Lipinski definition) is 5. The van der Waals surface area contributed by atoms with Crippen LogP contribution in [0.15, 0.2) is 65.1 Å². The van der Waals surface area contributed by atoms with E-state index in [4.69, 9.17) is 4.42 Å². The Hall–Kier alpha value is -4.66. The summed E-state index contributed by atoms with van der Waals surface area (Å²) in [6.45, 7) is 5.52. The normalized spacial score (nSPS) is 16.6. The molecular weight excluding hydrogens is 549 g/mol. The highest BCUT2D eigenvalue weighted by Gasteiger charge is 2.32. The number of halogens is 1. The van der Waals surface area contributed by atoms with Crippen molar-refractivity contribution in [1.29, 1.82) is 0 Å². The van der Waals surface area contributed by atoms with Crippen molar-refractivity contribution in [2.75, 3.05) is 25.0 Å². The van der Waals surface area contributed by atoms with Gasteiger partial charge >= 0.3 is 5.97 Å². The summed E-state index contributed by atoms with van der Waals surface area (Å²) in [5.41, 5.74) is 4.28. The number of anilines is 1. The minimum Gasteiger partial charge on any atom is -0.481 e. The zero-order chi connectivity index (χ0) is 30.7. The van der Waals surface area contributed by atoms with Crippen LogP contribution in [-0.4, -0.2) is 49.1 Å². The van der Waals surface area contributed by atoms with E-state index < -0.39 is 23.7 Å². The molecule has 0 saturated heterocycles. The zero-order valence-electron chi connectivity index (χ0n) is 24.6. The highest BCUT2D eigenvalue weighted by molar-refractivity contribution is 6.13. The number of carboxylic acids is 1. The molecule has 8 nitrogen and oxygen atoms in total. The molecule has 224 valence electrons. The molecule has 0 unspecified atom stereocenters. The highest BCUT2D eigenvalue weighted by Crippen LogP contribution is 2.41. The fourth-order valence-corrected chi connectivity index (χ4v) is 6.02. The largest absolute Gasteiger partial charge is 0.481 e. The third-order valence-electron chi connectivity index (χ3n) is 8.31. The van der Waals surface area contributed by atoms with E-state index >= 15 is 0 Å². The number of fused-ring (bicyclic) bond motifs is 1. The number of hydrogen-bond donors (Lipinski definition) is 3. The van der Waals surface area contributed by atoms with E-state index in [1.807, 2.05) is 32.0 Å². The van der Waals surface area contributed by atoms with Gasteiger partial charge in [-0.2, -0.15) is 0 Å². The molecule has 1 saturated carbocycles. The van der Waals surface area contributed by atoms with Gasteiger partial charge in [-0.05, 0) is 74.7 Å². The van der Waals surface area contributed by atoms with Gasteiger partial charge in [-0.1, -0.05) is 25.0 Å². The molecule has 43 heavy (non-hydrogen) atoms. The standard InChI is InChI=1S/C34H36FN3O5/c1-4-38(5-2)28-19-29-26(30(33(40)36-3)31(43-29)20-13-15-23(35)16-14-20)18-25(28)21-9-8-10-22(17-21)32(39)37-27-12-7-6-11-24(27)34(41)42/h8-10,13-19,24,27H,4-7,11-12H2,1-3H3,(H,36,40)(H,37,39)(H,41,42)/t24-,27+/m0/s1. The van der Waals surface area contributed by atoms with Gasteiger partial charge in [-0.15, -0.1) is 0 Å². The van der Waals surface area contributed by atoms with Crippen LogP contribution in [0.5, 0.6) is 0 Å². The van der Waals surface area contributed by atoms with Crippen LogP contribution in [0.2, 0.25) is 0 Å². The smallest absolute Gasteiger partial charge is 0.308 e. The lowest BCUT2D eigenvalue weighted by molar-refractivity contribution is -0.143. The molecule has 4 aromatic rings. The van der Waals surface area contributed by atoms with Gasteiger partial charge in [0.25, 0.3) is 11.8 Å². The number of carboxylic acid groups (broad SMARTS) is 1. The van der Waals surface area contributed by atoms with Crippen molar-refractivity contribution < 1.29 is 28.3 Å². The number of nitrogens with zero attached hydrogens (tertiary/aromatic N) is 1. The van der Waals surface area contributed by atoms with Crippen molar-refractivity contribution in [2.24, 2.45) is 5.92 Å². The average Bonchev–Trinajstić information content (AvgIpc) is 3.40. The third-order valence-corrected chi connectivity index (χ3v) is 8.31. The molecule has 1 fully saturated rings. The van der Waals surface area contributed by atoms with E-state index in [9.17, 15) is 23.9 Å². The summed E-state index contributed by atoms with van der Waals surface area (Å²) in [6.07, 6.45) is 2.89. The van der Waals surface area contributed by atoms with Crippen LogP contribution in [0.3, 0.4) is 0 Å². The quantitative estimate of drug-likeness (QED) is 0.207. The first-order valence-corrected chi connectivity index (χ1v) is 14.7. The maximum Gasteiger partial charge on any atom is 0.308 e. The fourth-order valence-electron chi connectivity index (χ4n) is 6.02. The van der Waals surface area contributed by atoms with E-state index in [0.29, 0.717) is 59.4 Å². The molecule has 0 spiro atoms. The molecule has 2 amide bonds. The predicted molar refractivity (Wildman–Crippen MR) is 165 cm³/mol. The average molecular weight is 586 g/mol. The number of carbonyl (C=O) groups is 3. The van der Waals surface area contributed by atoms with Gasteiger partial charge < -0.3 is 25.1 Å². The van der Waals surface area contributed by atoms with E-state index in [1.165, 1.54) is 12.1 Å². The summed E-state index contributed by atoms with van der Waals surface area (Å²) in [5, 5.41) is 15.9. The van der Waals surface area contributed by atoms with Crippen LogP contribution in [0.25, 0.3) is 33.4 Å². The monoisotopic (exact) mass is 585 g/mol. The summed E-state index contributed by atoms with van der Waals surface area (Å²) >= 11 is 0. The molecular formula is C34H36FN3O5. The number of aliphatic carboxylic acids is 1. The Morgan fingerprint density at radius 1 is 0.953 bits per heavy atom. The van der Waals surface area contributed by atoms with Gasteiger partial charge in [0.15, 0.2) is 0 Å². The van der Waals surface area contributed by atoms with Crippen LogP contribution >= 0.6 is 0 Å². The second-order valence-electron chi connectivity index (χ2n) is 10.8. The lowest BCUT2D eigenvalue weighted by Gasteiger charge is -2.29. The Balaban J connectivity index is 1.62. The first kappa shape index (κ1) is 29.8. The number of amides is 2. The van der Waals surface area contributed by atoms with Gasteiger partial charge in [-0.3, -0.25) is 14.4 Å². The molecule has 9 heteroatoms. The second-order valence-corrected chi connectivity index (χ2v) is 10.8. The highest BCUT2D eigenvalue weighted by atomic mass is 19.1. The first-order valence-electron chi connectivity index (χ1n) is 14.7. The van der Waals surface area contributed by atoms with Crippen molar-refractivity contribution >= 4 is 34.4 Å². The lowest BCUT2D eigenvalue weighted by atomic mass is 9.84. The maximum absolute atomic E-state index is 13.7. The van der Waals surface area contributed by atoms with Gasteiger partial charge in [0.2, 0.25) is 0 Å². The Labute approximate surface area is 249 Å². The van der Waals surface area contributed by atoms with E-state index in [2.05, 4.69) is 15.5 Å². The molecule has 1 heterocycles. The van der Waals surface area contributed by atoms with Crippen LogP contribution in [-0.2, 0) is 4.79 Å². The number of nitrogens with one attached hydrogen (secondary N) is 2. The molecule has 5 rings (SSSR count). The number of benzene rings is 3. The van der Waals surface area contributed by atoms with Crippen LogP contribution in [0, 0.1) is 11.7 Å². The number of rotatable bonds is 9. The van der Waals surface area contributed by atoms with E-state index in [-0.39, 0.29) is 11.8 Å². The molecule has 0 radical (unpaired) electrons. The Bertz CT molecular complexity index is 1660. The van der Waals surface area contributed by atoms with Crippen LogP contribution in [0.4, 0.5) is 10.1 Å². The summed E-state index contributed by atoms with van der Waals surface area (Å²) < 4.78 is 20.0. The molecule has 1 aliphatic carbocycles. The first-order chi connectivity index (χ1) is 20.7. The predicted octanol–water partition coefficient (Wildman–Crippen LogP) is 6.48. The minimum atomic E-state index is -0.886. The van der Waals surface area contributed by atoms with Crippen LogP contribution < -0.4 is 15.5 Å². The van der Waals surface area contributed by atoms with Crippen molar-refractivity contribution in [2.45, 2.75) is 45.6 Å². The van der Waals surface area contributed by atoms with Crippen molar-refractivity contribution in [3.8, 4) is 22.5 Å². The van der Waals surface area contributed by atoms with Gasteiger partial charge in [0, 0.05) is 60.0 Å². The molecule has 1 aromatic heterocycles. The van der Waals surface area contributed by atoms with Gasteiger partial charge in [-0.25, -0.2) is 4.39 Å². The maximum atomic E-state index is 13.7.